The first kappa shape index (κ1) is 14.1. The first-order valence-electron chi connectivity index (χ1n) is 6.42. The SMILES string of the molecule is CNCc1cccc(Oc2ccc(C(N)=O)c(C)c2)c1. The number of benzene rings is 2. The molecule has 0 radical (unpaired) electrons. The number of ether oxygens (including phenoxy) is 1. The van der Waals surface area contributed by atoms with Crippen LogP contribution in [0.15, 0.2) is 42.5 Å². The molecule has 4 nitrogen and oxygen atoms in total. The van der Waals surface area contributed by atoms with Gasteiger partial charge in [-0.15, -0.1) is 0 Å². The van der Waals surface area contributed by atoms with E-state index in [1.807, 2.05) is 44.3 Å². The lowest BCUT2D eigenvalue weighted by atomic mass is 10.1. The lowest BCUT2D eigenvalue weighted by Crippen LogP contribution is -2.12. The van der Waals surface area contributed by atoms with Gasteiger partial charge in [-0.2, -0.15) is 0 Å². The number of hydrogen-bond donors (Lipinski definition) is 2. The van der Waals surface area contributed by atoms with Gasteiger partial charge in [0.15, 0.2) is 0 Å². The molecule has 2 aromatic carbocycles. The van der Waals surface area contributed by atoms with E-state index in [1.54, 1.807) is 12.1 Å². The first-order valence-corrected chi connectivity index (χ1v) is 6.42. The standard InChI is InChI=1S/C16H18N2O2/c1-11-8-14(6-7-15(11)16(17)19)20-13-5-3-4-12(9-13)10-18-2/h3-9,18H,10H2,1-2H3,(H2,17,19). The summed E-state index contributed by atoms with van der Waals surface area (Å²) >= 11 is 0. The van der Waals surface area contributed by atoms with Crippen LogP contribution in [0.25, 0.3) is 0 Å². The Bertz CT molecular complexity index is 624. The molecule has 2 rings (SSSR count). The Hall–Kier alpha value is -2.33. The Morgan fingerprint density at radius 2 is 1.95 bits per heavy atom. The molecule has 0 atom stereocenters. The number of aryl methyl sites for hydroxylation is 1. The van der Waals surface area contributed by atoms with E-state index in [9.17, 15) is 4.79 Å². The first-order chi connectivity index (χ1) is 9.60. The molecule has 0 spiro atoms. The molecular weight excluding hydrogens is 252 g/mol. The van der Waals surface area contributed by atoms with Gasteiger partial charge in [-0.05, 0) is 55.4 Å². The van der Waals surface area contributed by atoms with Crippen molar-refractivity contribution in [1.29, 1.82) is 0 Å². The van der Waals surface area contributed by atoms with E-state index in [4.69, 9.17) is 10.5 Å². The van der Waals surface area contributed by atoms with Gasteiger partial charge >= 0.3 is 0 Å². The molecule has 0 saturated heterocycles. The van der Waals surface area contributed by atoms with Crippen molar-refractivity contribution >= 4 is 5.91 Å². The summed E-state index contributed by atoms with van der Waals surface area (Å²) in [6, 6.07) is 13.1. The van der Waals surface area contributed by atoms with E-state index in [0.29, 0.717) is 11.3 Å². The monoisotopic (exact) mass is 270 g/mol. The molecule has 0 unspecified atom stereocenters. The van der Waals surface area contributed by atoms with Crippen LogP contribution < -0.4 is 15.8 Å². The molecule has 0 bridgehead atoms. The molecule has 104 valence electrons. The highest BCUT2D eigenvalue weighted by molar-refractivity contribution is 5.94. The van der Waals surface area contributed by atoms with Gasteiger partial charge < -0.3 is 15.8 Å². The zero-order chi connectivity index (χ0) is 14.5. The normalized spacial score (nSPS) is 10.3. The van der Waals surface area contributed by atoms with Crippen LogP contribution in [0.5, 0.6) is 11.5 Å². The van der Waals surface area contributed by atoms with E-state index in [1.165, 1.54) is 0 Å². The Kier molecular flexibility index (Phi) is 4.38. The minimum absolute atomic E-state index is 0.426. The number of amides is 1. The molecule has 0 aliphatic rings. The summed E-state index contributed by atoms with van der Waals surface area (Å²) < 4.78 is 5.80. The fourth-order valence-corrected chi connectivity index (χ4v) is 2.04. The lowest BCUT2D eigenvalue weighted by Gasteiger charge is -2.09. The predicted octanol–water partition coefficient (Wildman–Crippen LogP) is 2.61. The van der Waals surface area contributed by atoms with Gasteiger partial charge in [0, 0.05) is 12.1 Å². The maximum absolute atomic E-state index is 11.2. The summed E-state index contributed by atoms with van der Waals surface area (Å²) in [5, 5.41) is 3.10. The van der Waals surface area contributed by atoms with Gasteiger partial charge in [0.1, 0.15) is 11.5 Å². The van der Waals surface area contributed by atoms with Crippen molar-refractivity contribution in [2.45, 2.75) is 13.5 Å². The molecule has 20 heavy (non-hydrogen) atoms. The molecule has 1 amide bonds. The summed E-state index contributed by atoms with van der Waals surface area (Å²) in [6.45, 7) is 2.63. The fraction of sp³-hybridized carbons (Fsp3) is 0.188. The molecular formula is C16H18N2O2. The summed E-state index contributed by atoms with van der Waals surface area (Å²) in [4.78, 5) is 11.2. The van der Waals surface area contributed by atoms with Gasteiger partial charge in [-0.25, -0.2) is 0 Å². The molecule has 0 heterocycles. The lowest BCUT2D eigenvalue weighted by molar-refractivity contribution is 0.0999. The van der Waals surface area contributed by atoms with Gasteiger partial charge in [0.25, 0.3) is 0 Å². The van der Waals surface area contributed by atoms with Crippen LogP contribution in [0.3, 0.4) is 0 Å². The highest BCUT2D eigenvalue weighted by Crippen LogP contribution is 2.24. The van der Waals surface area contributed by atoms with E-state index in [-0.39, 0.29) is 0 Å². The minimum atomic E-state index is -0.426. The Morgan fingerprint density at radius 3 is 2.60 bits per heavy atom. The molecule has 0 aromatic heterocycles. The predicted molar refractivity (Wildman–Crippen MR) is 79.0 cm³/mol. The van der Waals surface area contributed by atoms with Crippen LogP contribution in [0.1, 0.15) is 21.5 Å². The third kappa shape index (κ3) is 3.36. The Morgan fingerprint density at radius 1 is 1.20 bits per heavy atom. The summed E-state index contributed by atoms with van der Waals surface area (Å²) in [6.07, 6.45) is 0. The zero-order valence-electron chi connectivity index (χ0n) is 11.6. The number of primary amides is 1. The maximum atomic E-state index is 11.2. The van der Waals surface area contributed by atoms with Crippen LogP contribution in [0.2, 0.25) is 0 Å². The van der Waals surface area contributed by atoms with Crippen LogP contribution >= 0.6 is 0 Å². The van der Waals surface area contributed by atoms with E-state index in [0.717, 1.165) is 23.4 Å². The van der Waals surface area contributed by atoms with Crippen LogP contribution in [0, 0.1) is 6.92 Å². The number of carbonyl (C=O) groups excluding carboxylic acids is 1. The summed E-state index contributed by atoms with van der Waals surface area (Å²) in [5.74, 6) is 1.03. The van der Waals surface area contributed by atoms with Crippen molar-refractivity contribution in [2.24, 2.45) is 5.73 Å². The average molecular weight is 270 g/mol. The molecule has 0 fully saturated rings. The number of nitrogens with two attached hydrogens (primary N) is 1. The molecule has 3 N–H and O–H groups in total. The zero-order valence-corrected chi connectivity index (χ0v) is 11.6. The highest BCUT2D eigenvalue weighted by atomic mass is 16.5. The van der Waals surface area contributed by atoms with Crippen LogP contribution in [-0.2, 0) is 6.54 Å². The van der Waals surface area contributed by atoms with E-state index in [2.05, 4.69) is 5.32 Å². The topological polar surface area (TPSA) is 64.3 Å². The molecule has 4 heteroatoms. The number of nitrogens with one attached hydrogen (secondary N) is 1. The second-order valence-corrected chi connectivity index (χ2v) is 4.62. The molecule has 0 aliphatic carbocycles. The summed E-state index contributed by atoms with van der Waals surface area (Å²) in [7, 11) is 1.90. The number of hydrogen-bond acceptors (Lipinski definition) is 3. The minimum Gasteiger partial charge on any atom is -0.457 e. The smallest absolute Gasteiger partial charge is 0.248 e. The van der Waals surface area contributed by atoms with Crippen LogP contribution in [0.4, 0.5) is 0 Å². The Labute approximate surface area is 118 Å². The van der Waals surface area contributed by atoms with Gasteiger partial charge in [-0.1, -0.05) is 12.1 Å². The van der Waals surface area contributed by atoms with Gasteiger partial charge in [0.05, 0.1) is 0 Å². The second kappa shape index (κ2) is 6.21. The van der Waals surface area contributed by atoms with E-state index < -0.39 is 5.91 Å². The highest BCUT2D eigenvalue weighted by Gasteiger charge is 2.06. The van der Waals surface area contributed by atoms with Gasteiger partial charge in [-0.3, -0.25) is 4.79 Å². The van der Waals surface area contributed by atoms with Crippen molar-refractivity contribution in [3.63, 3.8) is 0 Å². The van der Waals surface area contributed by atoms with E-state index >= 15 is 0 Å². The van der Waals surface area contributed by atoms with Crippen LogP contribution in [-0.4, -0.2) is 13.0 Å². The Balaban J connectivity index is 2.19. The number of carbonyl (C=O) groups is 1. The van der Waals surface area contributed by atoms with Crippen molar-refractivity contribution in [2.75, 3.05) is 7.05 Å². The summed E-state index contributed by atoms with van der Waals surface area (Å²) in [5.41, 5.74) is 7.75. The fourth-order valence-electron chi connectivity index (χ4n) is 2.04. The third-order valence-corrected chi connectivity index (χ3v) is 2.98. The maximum Gasteiger partial charge on any atom is 0.248 e. The molecule has 0 saturated carbocycles. The molecule has 2 aromatic rings. The average Bonchev–Trinajstić information content (AvgIpc) is 2.39. The molecule has 0 aliphatic heterocycles. The van der Waals surface area contributed by atoms with Crippen molar-refractivity contribution in [3.8, 4) is 11.5 Å². The van der Waals surface area contributed by atoms with Crippen molar-refractivity contribution in [1.82, 2.24) is 5.32 Å². The third-order valence-electron chi connectivity index (χ3n) is 2.98. The largest absolute Gasteiger partial charge is 0.457 e. The second-order valence-electron chi connectivity index (χ2n) is 4.62. The van der Waals surface area contributed by atoms with Gasteiger partial charge in [0.2, 0.25) is 5.91 Å². The number of rotatable bonds is 5. The quantitative estimate of drug-likeness (QED) is 0.877. The van der Waals surface area contributed by atoms with Crippen molar-refractivity contribution in [3.05, 3.63) is 59.2 Å². The van der Waals surface area contributed by atoms with Crippen molar-refractivity contribution < 1.29 is 9.53 Å².